The van der Waals surface area contributed by atoms with Gasteiger partial charge in [-0.25, -0.2) is 19.2 Å². The topological polar surface area (TPSA) is 105 Å². The van der Waals surface area contributed by atoms with E-state index in [-0.39, 0.29) is 11.1 Å². The average Bonchev–Trinajstić information content (AvgIpc) is 2.56. The Morgan fingerprint density at radius 3 is 1.32 bits per heavy atom. The van der Waals surface area contributed by atoms with E-state index in [0.29, 0.717) is 0 Å². The first-order valence-corrected chi connectivity index (χ1v) is 6.06. The van der Waals surface area contributed by atoms with E-state index < -0.39 is 37.1 Å². The molecule has 0 unspecified atom stereocenters. The van der Waals surface area contributed by atoms with Crippen LogP contribution in [0.15, 0.2) is 24.3 Å². The molecule has 0 aliphatic carbocycles. The fourth-order valence-corrected chi connectivity index (χ4v) is 1.28. The number of hydrogen-bond acceptors (Lipinski definition) is 8. The van der Waals surface area contributed by atoms with Crippen LogP contribution in [-0.2, 0) is 28.5 Å². The lowest BCUT2D eigenvalue weighted by Gasteiger charge is -2.05. The molecule has 0 bridgehead atoms. The van der Waals surface area contributed by atoms with Gasteiger partial charge in [-0.15, -0.1) is 0 Å². The molecule has 1 aromatic rings. The molecule has 0 N–H and O–H groups in total. The Balaban J connectivity index is 2.58. The quantitative estimate of drug-likeness (QED) is 0.547. The SMILES string of the molecule is COC(=O)COC(=O)c1ccc(C(=O)OCC(=O)OC)cc1. The van der Waals surface area contributed by atoms with Crippen LogP contribution >= 0.6 is 0 Å². The zero-order valence-electron chi connectivity index (χ0n) is 12.0. The van der Waals surface area contributed by atoms with Gasteiger partial charge in [-0.3, -0.25) is 0 Å². The molecule has 0 aliphatic rings. The summed E-state index contributed by atoms with van der Waals surface area (Å²) in [6, 6.07) is 5.31. The van der Waals surface area contributed by atoms with Gasteiger partial charge in [0.1, 0.15) is 0 Å². The third kappa shape index (κ3) is 5.23. The van der Waals surface area contributed by atoms with Gasteiger partial charge >= 0.3 is 23.9 Å². The molecule has 0 aromatic heterocycles. The monoisotopic (exact) mass is 310 g/mol. The van der Waals surface area contributed by atoms with Gasteiger partial charge in [0.25, 0.3) is 0 Å². The smallest absolute Gasteiger partial charge is 0.344 e. The fourth-order valence-electron chi connectivity index (χ4n) is 1.28. The van der Waals surface area contributed by atoms with E-state index in [9.17, 15) is 19.2 Å². The molecule has 0 amide bonds. The molecule has 0 radical (unpaired) electrons. The minimum Gasteiger partial charge on any atom is -0.466 e. The van der Waals surface area contributed by atoms with Crippen molar-refractivity contribution in [3.8, 4) is 0 Å². The Morgan fingerprint density at radius 2 is 1.05 bits per heavy atom. The van der Waals surface area contributed by atoms with Crippen LogP contribution in [0.2, 0.25) is 0 Å². The molecule has 1 rings (SSSR count). The standard InChI is InChI=1S/C14H14O8/c1-19-11(15)7-21-13(17)9-3-5-10(6-4-9)14(18)22-8-12(16)20-2/h3-6H,7-8H2,1-2H3. The van der Waals surface area contributed by atoms with Crippen molar-refractivity contribution in [1.82, 2.24) is 0 Å². The highest BCUT2D eigenvalue weighted by Gasteiger charge is 2.13. The number of hydrogen-bond donors (Lipinski definition) is 0. The van der Waals surface area contributed by atoms with Gasteiger partial charge in [-0.1, -0.05) is 0 Å². The maximum absolute atomic E-state index is 11.6. The predicted octanol–water partition coefficient (Wildman–Crippen LogP) is 0.346. The van der Waals surface area contributed by atoms with Crippen molar-refractivity contribution in [2.45, 2.75) is 0 Å². The van der Waals surface area contributed by atoms with Crippen molar-refractivity contribution in [3.05, 3.63) is 35.4 Å². The second kappa shape index (κ2) is 8.40. The van der Waals surface area contributed by atoms with Gasteiger partial charge in [-0.2, -0.15) is 0 Å². The average molecular weight is 310 g/mol. The van der Waals surface area contributed by atoms with Crippen LogP contribution in [-0.4, -0.2) is 51.3 Å². The Morgan fingerprint density at radius 1 is 0.727 bits per heavy atom. The summed E-state index contributed by atoms with van der Waals surface area (Å²) in [6.07, 6.45) is 0. The Bertz CT molecular complexity index is 510. The van der Waals surface area contributed by atoms with Gasteiger partial charge in [0.2, 0.25) is 0 Å². The normalized spacial score (nSPS) is 9.55. The van der Waals surface area contributed by atoms with Crippen molar-refractivity contribution in [3.63, 3.8) is 0 Å². The third-order valence-electron chi connectivity index (χ3n) is 2.45. The molecule has 8 heteroatoms. The molecular formula is C14H14O8. The summed E-state index contributed by atoms with van der Waals surface area (Å²) in [5.74, 6) is -2.84. The van der Waals surface area contributed by atoms with E-state index in [1.807, 2.05) is 0 Å². The molecule has 1 aromatic carbocycles. The summed E-state index contributed by atoms with van der Waals surface area (Å²) in [6.45, 7) is -1.00. The summed E-state index contributed by atoms with van der Waals surface area (Å²) in [5, 5.41) is 0. The highest BCUT2D eigenvalue weighted by atomic mass is 16.6. The molecule has 8 nitrogen and oxygen atoms in total. The first-order chi connectivity index (χ1) is 10.5. The van der Waals surface area contributed by atoms with E-state index in [0.717, 1.165) is 0 Å². The van der Waals surface area contributed by atoms with E-state index in [1.54, 1.807) is 0 Å². The molecule has 118 valence electrons. The Kier molecular flexibility index (Phi) is 6.55. The molecule has 22 heavy (non-hydrogen) atoms. The van der Waals surface area contributed by atoms with Crippen molar-refractivity contribution in [1.29, 1.82) is 0 Å². The largest absolute Gasteiger partial charge is 0.466 e. The Labute approximate surface area is 125 Å². The molecule has 0 atom stereocenters. The number of carbonyl (C=O) groups is 4. The molecular weight excluding hydrogens is 296 g/mol. The fraction of sp³-hybridized carbons (Fsp3) is 0.286. The first-order valence-electron chi connectivity index (χ1n) is 6.06. The second-order valence-corrected chi connectivity index (χ2v) is 3.88. The lowest BCUT2D eigenvalue weighted by molar-refractivity contribution is -0.144. The maximum Gasteiger partial charge on any atom is 0.344 e. The van der Waals surface area contributed by atoms with Crippen molar-refractivity contribution < 1.29 is 38.1 Å². The molecule has 0 spiro atoms. The number of ether oxygens (including phenoxy) is 4. The van der Waals surface area contributed by atoms with Gasteiger partial charge in [-0.05, 0) is 24.3 Å². The zero-order valence-corrected chi connectivity index (χ0v) is 12.0. The van der Waals surface area contributed by atoms with Crippen LogP contribution < -0.4 is 0 Å². The minimum absolute atomic E-state index is 0.147. The first kappa shape index (κ1) is 17.2. The number of esters is 4. The molecule has 0 heterocycles. The molecule has 0 saturated heterocycles. The van der Waals surface area contributed by atoms with Crippen molar-refractivity contribution >= 4 is 23.9 Å². The summed E-state index contributed by atoms with van der Waals surface area (Å²) in [4.78, 5) is 44.9. The van der Waals surface area contributed by atoms with Gasteiger partial charge in [0.05, 0.1) is 25.3 Å². The van der Waals surface area contributed by atoms with Crippen LogP contribution in [0.3, 0.4) is 0 Å². The van der Waals surface area contributed by atoms with Crippen molar-refractivity contribution in [2.75, 3.05) is 27.4 Å². The Hall–Kier alpha value is -2.90. The summed E-state index contributed by atoms with van der Waals surface area (Å²) in [5.41, 5.74) is 0.293. The highest BCUT2D eigenvalue weighted by molar-refractivity contribution is 5.94. The van der Waals surface area contributed by atoms with Crippen LogP contribution in [0.1, 0.15) is 20.7 Å². The van der Waals surface area contributed by atoms with Crippen LogP contribution in [0.4, 0.5) is 0 Å². The summed E-state index contributed by atoms with van der Waals surface area (Å²) < 4.78 is 18.0. The van der Waals surface area contributed by atoms with Crippen LogP contribution in [0, 0.1) is 0 Å². The lowest BCUT2D eigenvalue weighted by atomic mass is 10.1. The second-order valence-electron chi connectivity index (χ2n) is 3.88. The molecule has 0 aliphatic heterocycles. The van der Waals surface area contributed by atoms with Crippen molar-refractivity contribution in [2.24, 2.45) is 0 Å². The maximum atomic E-state index is 11.6. The van der Waals surface area contributed by atoms with E-state index in [1.165, 1.54) is 38.5 Å². The molecule has 0 saturated carbocycles. The zero-order chi connectivity index (χ0) is 16.5. The molecule has 0 fully saturated rings. The van der Waals surface area contributed by atoms with Gasteiger partial charge in [0, 0.05) is 0 Å². The summed E-state index contributed by atoms with van der Waals surface area (Å²) >= 11 is 0. The van der Waals surface area contributed by atoms with E-state index in [4.69, 9.17) is 0 Å². The van der Waals surface area contributed by atoms with E-state index in [2.05, 4.69) is 18.9 Å². The van der Waals surface area contributed by atoms with Crippen LogP contribution in [0.5, 0.6) is 0 Å². The number of rotatable bonds is 6. The minimum atomic E-state index is -0.736. The third-order valence-corrected chi connectivity index (χ3v) is 2.45. The van der Waals surface area contributed by atoms with Gasteiger partial charge < -0.3 is 18.9 Å². The summed E-state index contributed by atoms with van der Waals surface area (Å²) in [7, 11) is 2.34. The lowest BCUT2D eigenvalue weighted by Crippen LogP contribution is -2.16. The van der Waals surface area contributed by atoms with E-state index >= 15 is 0 Å². The number of benzene rings is 1. The van der Waals surface area contributed by atoms with Gasteiger partial charge in [0.15, 0.2) is 13.2 Å². The predicted molar refractivity (Wildman–Crippen MR) is 71.0 cm³/mol. The number of carbonyl (C=O) groups excluding carboxylic acids is 4. The highest BCUT2D eigenvalue weighted by Crippen LogP contribution is 2.07. The van der Waals surface area contributed by atoms with Crippen LogP contribution in [0.25, 0.3) is 0 Å². The number of methoxy groups -OCH3 is 2.